The third-order valence-corrected chi connectivity index (χ3v) is 2.14. The van der Waals surface area contributed by atoms with Crippen LogP contribution in [0.15, 0.2) is 41.3 Å². The second-order valence-electron chi connectivity index (χ2n) is 2.86. The summed E-state index contributed by atoms with van der Waals surface area (Å²) < 4.78 is 5.30. The van der Waals surface area contributed by atoms with Crippen LogP contribution in [0.1, 0.15) is 10.6 Å². The number of benzene rings is 1. The number of allylic oxidation sites excluding steroid dienone is 1. The van der Waals surface area contributed by atoms with Crippen LogP contribution in [0.5, 0.6) is 0 Å². The Balaban J connectivity index is 2.62. The first-order valence-corrected chi connectivity index (χ1v) is 4.44. The number of furan rings is 1. The van der Waals surface area contributed by atoms with Gasteiger partial charge in [0.15, 0.2) is 5.76 Å². The van der Waals surface area contributed by atoms with E-state index in [-0.39, 0.29) is 11.5 Å². The largest absolute Gasteiger partial charge is 0.453 e. The Bertz CT molecular complexity index is 511. The van der Waals surface area contributed by atoms with Gasteiger partial charge in [0.25, 0.3) is 0 Å². The molecule has 0 aliphatic rings. The second kappa shape index (κ2) is 3.31. The molecule has 0 atom stereocenters. The van der Waals surface area contributed by atoms with Crippen LogP contribution in [-0.2, 0) is 0 Å². The predicted molar refractivity (Wildman–Crippen MR) is 55.8 cm³/mol. The number of carbonyl (C=O) groups excluding carboxylic acids is 1. The summed E-state index contributed by atoms with van der Waals surface area (Å²) in [7, 11) is 0. The van der Waals surface area contributed by atoms with Gasteiger partial charge >= 0.3 is 0 Å². The molecule has 1 aromatic carbocycles. The third kappa shape index (κ3) is 1.44. The summed E-state index contributed by atoms with van der Waals surface area (Å²) in [4.78, 5) is 11.2. The fourth-order valence-corrected chi connectivity index (χ4v) is 1.42. The Kier molecular flexibility index (Phi) is 2.14. The van der Waals surface area contributed by atoms with Gasteiger partial charge < -0.3 is 4.42 Å². The Morgan fingerprint density at radius 1 is 1.43 bits per heavy atom. The van der Waals surface area contributed by atoms with Gasteiger partial charge in [0, 0.05) is 10.4 Å². The SMILES string of the molecule is C=CC(=O)c1cc2cc(Cl)ccc2o1. The Morgan fingerprint density at radius 3 is 2.93 bits per heavy atom. The molecule has 1 heterocycles. The van der Waals surface area contributed by atoms with E-state index in [1.165, 1.54) is 6.08 Å². The molecule has 70 valence electrons. The molecule has 3 heteroatoms. The van der Waals surface area contributed by atoms with Crippen LogP contribution in [0, 0.1) is 0 Å². The number of hydrogen-bond donors (Lipinski definition) is 0. The predicted octanol–water partition coefficient (Wildman–Crippen LogP) is 3.45. The Hall–Kier alpha value is -1.54. The van der Waals surface area contributed by atoms with Gasteiger partial charge in [-0.05, 0) is 30.3 Å². The van der Waals surface area contributed by atoms with Crippen molar-refractivity contribution in [2.24, 2.45) is 0 Å². The number of hydrogen-bond acceptors (Lipinski definition) is 2. The van der Waals surface area contributed by atoms with Gasteiger partial charge in [-0.2, -0.15) is 0 Å². The molecule has 0 unspecified atom stereocenters. The standard InChI is InChI=1S/C11H7ClO2/c1-2-9(13)11-6-7-5-8(12)3-4-10(7)14-11/h2-6H,1H2. The van der Waals surface area contributed by atoms with Gasteiger partial charge in [0.1, 0.15) is 5.58 Å². The maximum Gasteiger partial charge on any atom is 0.220 e. The average Bonchev–Trinajstić information content (AvgIpc) is 2.59. The van der Waals surface area contributed by atoms with E-state index >= 15 is 0 Å². The zero-order valence-corrected chi connectivity index (χ0v) is 8.04. The normalized spacial score (nSPS) is 10.4. The lowest BCUT2D eigenvalue weighted by atomic mass is 10.2. The van der Waals surface area contributed by atoms with Crippen LogP contribution in [0.25, 0.3) is 11.0 Å². The van der Waals surface area contributed by atoms with E-state index in [1.807, 2.05) is 0 Å². The van der Waals surface area contributed by atoms with Crippen LogP contribution >= 0.6 is 11.6 Å². The summed E-state index contributed by atoms with van der Waals surface area (Å²) in [6.45, 7) is 3.39. The van der Waals surface area contributed by atoms with E-state index in [9.17, 15) is 4.79 Å². The van der Waals surface area contributed by atoms with Crippen LogP contribution in [0.2, 0.25) is 5.02 Å². The van der Waals surface area contributed by atoms with Gasteiger partial charge in [-0.1, -0.05) is 18.2 Å². The molecule has 2 rings (SSSR count). The zero-order valence-electron chi connectivity index (χ0n) is 7.29. The highest BCUT2D eigenvalue weighted by Crippen LogP contribution is 2.23. The lowest BCUT2D eigenvalue weighted by Gasteiger charge is -1.87. The minimum atomic E-state index is -0.225. The van der Waals surface area contributed by atoms with Crippen molar-refractivity contribution in [3.05, 3.63) is 47.7 Å². The van der Waals surface area contributed by atoms with Gasteiger partial charge in [-0.25, -0.2) is 0 Å². The quantitative estimate of drug-likeness (QED) is 0.557. The topological polar surface area (TPSA) is 30.2 Å². The summed E-state index contributed by atoms with van der Waals surface area (Å²) in [5.74, 6) is 0.0644. The average molecular weight is 207 g/mol. The van der Waals surface area contributed by atoms with Crippen molar-refractivity contribution in [3.8, 4) is 0 Å². The van der Waals surface area contributed by atoms with Crippen LogP contribution < -0.4 is 0 Å². The summed E-state index contributed by atoms with van der Waals surface area (Å²) in [5, 5.41) is 1.44. The molecule has 14 heavy (non-hydrogen) atoms. The molecular formula is C11H7ClO2. The summed E-state index contributed by atoms with van der Waals surface area (Å²) in [5.41, 5.74) is 0.652. The van der Waals surface area contributed by atoms with E-state index in [2.05, 4.69) is 6.58 Å². The molecule has 1 aromatic heterocycles. The van der Waals surface area contributed by atoms with Crippen LogP contribution in [0.3, 0.4) is 0 Å². The lowest BCUT2D eigenvalue weighted by molar-refractivity contribution is 0.102. The Morgan fingerprint density at radius 2 is 2.21 bits per heavy atom. The van der Waals surface area contributed by atoms with Crippen molar-refractivity contribution in [1.29, 1.82) is 0 Å². The lowest BCUT2D eigenvalue weighted by Crippen LogP contribution is -1.88. The molecule has 0 fully saturated rings. The highest BCUT2D eigenvalue weighted by atomic mass is 35.5. The highest BCUT2D eigenvalue weighted by Gasteiger charge is 2.08. The van der Waals surface area contributed by atoms with E-state index in [0.29, 0.717) is 10.6 Å². The number of fused-ring (bicyclic) bond motifs is 1. The maximum atomic E-state index is 11.2. The molecule has 0 aliphatic heterocycles. The number of rotatable bonds is 2. The van der Waals surface area contributed by atoms with Crippen LogP contribution in [0.4, 0.5) is 0 Å². The Labute approximate surface area is 85.8 Å². The van der Waals surface area contributed by atoms with Crippen molar-refractivity contribution in [2.75, 3.05) is 0 Å². The van der Waals surface area contributed by atoms with Crippen molar-refractivity contribution in [1.82, 2.24) is 0 Å². The van der Waals surface area contributed by atoms with Gasteiger partial charge in [0.05, 0.1) is 0 Å². The van der Waals surface area contributed by atoms with Gasteiger partial charge in [-0.15, -0.1) is 0 Å². The molecule has 2 aromatic rings. The van der Waals surface area contributed by atoms with E-state index < -0.39 is 0 Å². The first kappa shape index (κ1) is 9.03. The molecule has 0 aliphatic carbocycles. The molecule has 0 amide bonds. The molecule has 0 saturated heterocycles. The summed E-state index contributed by atoms with van der Waals surface area (Å²) in [6.07, 6.45) is 1.22. The fourth-order valence-electron chi connectivity index (χ4n) is 1.24. The van der Waals surface area contributed by atoms with Gasteiger partial charge in [0.2, 0.25) is 5.78 Å². The van der Waals surface area contributed by atoms with Crippen molar-refractivity contribution in [2.45, 2.75) is 0 Å². The molecular weight excluding hydrogens is 200 g/mol. The number of carbonyl (C=O) groups is 1. The highest BCUT2D eigenvalue weighted by molar-refractivity contribution is 6.31. The smallest absolute Gasteiger partial charge is 0.220 e. The minimum absolute atomic E-state index is 0.225. The molecule has 2 nitrogen and oxygen atoms in total. The number of ketones is 1. The zero-order chi connectivity index (χ0) is 10.1. The molecule has 0 spiro atoms. The second-order valence-corrected chi connectivity index (χ2v) is 3.30. The summed E-state index contributed by atoms with van der Waals surface area (Å²) >= 11 is 5.79. The first-order chi connectivity index (χ1) is 6.70. The third-order valence-electron chi connectivity index (χ3n) is 1.91. The van der Waals surface area contributed by atoms with Crippen molar-refractivity contribution in [3.63, 3.8) is 0 Å². The van der Waals surface area contributed by atoms with E-state index in [0.717, 1.165) is 5.39 Å². The van der Waals surface area contributed by atoms with E-state index in [4.69, 9.17) is 16.0 Å². The van der Waals surface area contributed by atoms with Crippen molar-refractivity contribution >= 4 is 28.4 Å². The molecule has 0 saturated carbocycles. The first-order valence-electron chi connectivity index (χ1n) is 4.06. The molecule has 0 radical (unpaired) electrons. The molecule has 0 N–H and O–H groups in total. The minimum Gasteiger partial charge on any atom is -0.453 e. The van der Waals surface area contributed by atoms with Crippen LogP contribution in [-0.4, -0.2) is 5.78 Å². The van der Waals surface area contributed by atoms with Crippen molar-refractivity contribution < 1.29 is 9.21 Å². The number of halogens is 1. The van der Waals surface area contributed by atoms with E-state index in [1.54, 1.807) is 24.3 Å². The van der Waals surface area contributed by atoms with Gasteiger partial charge in [-0.3, -0.25) is 4.79 Å². The summed E-state index contributed by atoms with van der Waals surface area (Å²) in [6, 6.07) is 6.86. The molecule has 0 bridgehead atoms. The fraction of sp³-hybridized carbons (Fsp3) is 0. The maximum absolute atomic E-state index is 11.2. The monoisotopic (exact) mass is 206 g/mol.